The van der Waals surface area contributed by atoms with E-state index in [9.17, 15) is 0 Å². The molecule has 0 saturated carbocycles. The van der Waals surface area contributed by atoms with Gasteiger partial charge >= 0.3 is 0 Å². The van der Waals surface area contributed by atoms with Gasteiger partial charge in [-0.25, -0.2) is 0 Å². The maximum atomic E-state index is 5.38. The molecule has 0 amide bonds. The van der Waals surface area contributed by atoms with Gasteiger partial charge in [0.15, 0.2) is 0 Å². The van der Waals surface area contributed by atoms with Gasteiger partial charge in [-0.05, 0) is 24.6 Å². The van der Waals surface area contributed by atoms with E-state index >= 15 is 0 Å². The Kier molecular flexibility index (Phi) is 5.59. The highest BCUT2D eigenvalue weighted by atomic mass is 15.1. The van der Waals surface area contributed by atoms with Crippen LogP contribution in [0.3, 0.4) is 0 Å². The maximum absolute atomic E-state index is 5.38. The van der Waals surface area contributed by atoms with E-state index < -0.39 is 0 Å². The van der Waals surface area contributed by atoms with Crippen molar-refractivity contribution in [2.24, 2.45) is 0 Å². The Morgan fingerprint density at radius 1 is 1.35 bits per heavy atom. The fourth-order valence-corrected chi connectivity index (χ4v) is 2.07. The van der Waals surface area contributed by atoms with Gasteiger partial charge in [0.25, 0.3) is 0 Å². The van der Waals surface area contributed by atoms with Crippen LogP contribution in [0.2, 0.25) is 0 Å². The summed E-state index contributed by atoms with van der Waals surface area (Å²) in [4.78, 5) is 2.12. The molecule has 0 bridgehead atoms. The normalized spacial score (nSPS) is 11.9. The minimum absolute atomic E-state index is 0.399. The summed E-state index contributed by atoms with van der Waals surface area (Å²) in [6, 6.07) is 8.86. The van der Waals surface area contributed by atoms with E-state index in [1.807, 2.05) is 7.05 Å². The molecule has 1 unspecified atom stereocenters. The average Bonchev–Trinajstić information content (AvgIpc) is 2.36. The number of terminal acetylenes is 1. The van der Waals surface area contributed by atoms with E-state index in [0.717, 1.165) is 13.0 Å². The highest BCUT2D eigenvalue weighted by Crippen LogP contribution is 2.27. The molecule has 92 valence electrons. The van der Waals surface area contributed by atoms with Crippen molar-refractivity contribution in [1.29, 1.82) is 0 Å². The highest BCUT2D eigenvalue weighted by molar-refractivity contribution is 5.55. The minimum Gasteiger partial charge on any atom is -0.363 e. The number of hydrogen-bond acceptors (Lipinski definition) is 2. The maximum Gasteiger partial charge on any atom is 0.0788 e. The van der Waals surface area contributed by atoms with E-state index in [1.54, 1.807) is 0 Å². The van der Waals surface area contributed by atoms with Gasteiger partial charge in [-0.15, -0.1) is 6.42 Å². The van der Waals surface area contributed by atoms with E-state index in [4.69, 9.17) is 6.42 Å². The first-order valence-corrected chi connectivity index (χ1v) is 6.21. The lowest BCUT2D eigenvalue weighted by Gasteiger charge is -2.25. The summed E-state index contributed by atoms with van der Waals surface area (Å²) < 4.78 is 0. The van der Waals surface area contributed by atoms with Crippen molar-refractivity contribution in [1.82, 2.24) is 5.32 Å². The Bertz CT molecular complexity index is 379. The van der Waals surface area contributed by atoms with Crippen LogP contribution in [0.15, 0.2) is 24.3 Å². The number of benzene rings is 1. The number of rotatable bonds is 6. The Balaban J connectivity index is 3.01. The third kappa shape index (κ3) is 3.51. The molecule has 0 spiro atoms. The van der Waals surface area contributed by atoms with E-state index in [2.05, 4.69) is 54.3 Å². The molecule has 0 radical (unpaired) electrons. The molecule has 1 atom stereocenters. The molecule has 1 N–H and O–H groups in total. The Morgan fingerprint density at radius 2 is 2.06 bits per heavy atom. The molecule has 0 aliphatic rings. The van der Waals surface area contributed by atoms with Crippen LogP contribution in [0, 0.1) is 12.3 Å². The van der Waals surface area contributed by atoms with Crippen LogP contribution in [0.4, 0.5) is 5.69 Å². The van der Waals surface area contributed by atoms with Crippen LogP contribution >= 0.6 is 0 Å². The molecule has 17 heavy (non-hydrogen) atoms. The van der Waals surface area contributed by atoms with Crippen molar-refractivity contribution in [3.8, 4) is 12.3 Å². The van der Waals surface area contributed by atoms with Gasteiger partial charge in [-0.1, -0.05) is 38.0 Å². The first-order chi connectivity index (χ1) is 8.24. The molecule has 0 fully saturated rings. The topological polar surface area (TPSA) is 15.3 Å². The van der Waals surface area contributed by atoms with Crippen molar-refractivity contribution < 1.29 is 0 Å². The summed E-state index contributed by atoms with van der Waals surface area (Å²) in [5.41, 5.74) is 2.55. The smallest absolute Gasteiger partial charge is 0.0788 e. The summed E-state index contributed by atoms with van der Waals surface area (Å²) in [5, 5.41) is 3.51. The monoisotopic (exact) mass is 230 g/mol. The molecule has 0 aromatic heterocycles. The zero-order valence-electron chi connectivity index (χ0n) is 11.0. The first-order valence-electron chi connectivity index (χ1n) is 6.21. The fourth-order valence-electron chi connectivity index (χ4n) is 2.07. The van der Waals surface area contributed by atoms with Crippen LogP contribution in [0.5, 0.6) is 0 Å². The van der Waals surface area contributed by atoms with Crippen molar-refractivity contribution in [3.63, 3.8) is 0 Å². The summed E-state index contributed by atoms with van der Waals surface area (Å²) in [7, 11) is 2.04. The van der Waals surface area contributed by atoms with Crippen LogP contribution < -0.4 is 10.2 Å². The fraction of sp³-hybridized carbons (Fsp3) is 0.467. The van der Waals surface area contributed by atoms with E-state index in [0.29, 0.717) is 12.6 Å². The predicted molar refractivity (Wildman–Crippen MR) is 75.3 cm³/mol. The minimum atomic E-state index is 0.399. The first kappa shape index (κ1) is 13.6. The quantitative estimate of drug-likeness (QED) is 0.756. The highest BCUT2D eigenvalue weighted by Gasteiger charge is 2.13. The molecule has 1 aromatic rings. The standard InChI is InChI=1S/C15H22N2/c1-5-12-17(4)15-11-9-8-10-13(15)14(6-2)16-7-3/h1,8-11,14,16H,6-7,12H2,2-4H3. The summed E-state index contributed by atoms with van der Waals surface area (Å²) in [5.74, 6) is 2.69. The van der Waals surface area contributed by atoms with Gasteiger partial charge in [0, 0.05) is 18.8 Å². The number of anilines is 1. The third-order valence-corrected chi connectivity index (χ3v) is 2.91. The lowest BCUT2D eigenvalue weighted by atomic mass is 10.0. The molecule has 2 heteroatoms. The zero-order valence-corrected chi connectivity index (χ0v) is 11.0. The van der Waals surface area contributed by atoms with Gasteiger partial charge in [-0.3, -0.25) is 0 Å². The van der Waals surface area contributed by atoms with Crippen molar-refractivity contribution >= 4 is 5.69 Å². The van der Waals surface area contributed by atoms with Crippen LogP contribution in [0.1, 0.15) is 31.9 Å². The second kappa shape index (κ2) is 6.98. The van der Waals surface area contributed by atoms with Crippen LogP contribution in [-0.2, 0) is 0 Å². The second-order valence-electron chi connectivity index (χ2n) is 4.14. The Morgan fingerprint density at radius 3 is 2.65 bits per heavy atom. The average molecular weight is 230 g/mol. The largest absolute Gasteiger partial charge is 0.363 e. The summed E-state index contributed by atoms with van der Waals surface area (Å²) in [6.07, 6.45) is 6.45. The van der Waals surface area contributed by atoms with Gasteiger partial charge in [-0.2, -0.15) is 0 Å². The van der Waals surface area contributed by atoms with Crippen LogP contribution in [0.25, 0.3) is 0 Å². The summed E-state index contributed by atoms with van der Waals surface area (Å²) >= 11 is 0. The summed E-state index contributed by atoms with van der Waals surface area (Å²) in [6.45, 7) is 5.95. The van der Waals surface area contributed by atoms with Crippen molar-refractivity contribution in [2.75, 3.05) is 25.0 Å². The zero-order chi connectivity index (χ0) is 12.7. The van der Waals surface area contributed by atoms with E-state index in [1.165, 1.54) is 11.3 Å². The lowest BCUT2D eigenvalue weighted by molar-refractivity contribution is 0.537. The number of para-hydroxylation sites is 1. The molecule has 0 aliphatic heterocycles. The lowest BCUT2D eigenvalue weighted by Crippen LogP contribution is -2.25. The third-order valence-electron chi connectivity index (χ3n) is 2.91. The molecule has 2 nitrogen and oxygen atoms in total. The SMILES string of the molecule is C#CCN(C)c1ccccc1C(CC)NCC. The van der Waals surface area contributed by atoms with Gasteiger partial charge < -0.3 is 10.2 Å². The molecule has 0 saturated heterocycles. The van der Waals surface area contributed by atoms with Gasteiger partial charge in [0.05, 0.1) is 6.54 Å². The molecule has 1 rings (SSSR count). The molecular weight excluding hydrogens is 208 g/mol. The molecule has 0 aliphatic carbocycles. The molecule has 0 heterocycles. The second-order valence-corrected chi connectivity index (χ2v) is 4.14. The van der Waals surface area contributed by atoms with Crippen LogP contribution in [-0.4, -0.2) is 20.1 Å². The van der Waals surface area contributed by atoms with Gasteiger partial charge in [0.2, 0.25) is 0 Å². The van der Waals surface area contributed by atoms with Crippen molar-refractivity contribution in [2.45, 2.75) is 26.3 Å². The number of nitrogens with zero attached hydrogens (tertiary/aromatic N) is 1. The molecule has 1 aromatic carbocycles. The molecular formula is C15H22N2. The Hall–Kier alpha value is -1.46. The predicted octanol–water partition coefficient (Wildman–Crippen LogP) is 2.82. The van der Waals surface area contributed by atoms with E-state index in [-0.39, 0.29) is 0 Å². The van der Waals surface area contributed by atoms with Gasteiger partial charge in [0.1, 0.15) is 0 Å². The van der Waals surface area contributed by atoms with Crippen molar-refractivity contribution in [3.05, 3.63) is 29.8 Å². The number of hydrogen-bond donors (Lipinski definition) is 1. The number of nitrogens with one attached hydrogen (secondary N) is 1. The Labute approximate surface area is 105 Å².